The van der Waals surface area contributed by atoms with Gasteiger partial charge in [-0.15, -0.1) is 0 Å². The van der Waals surface area contributed by atoms with E-state index in [2.05, 4.69) is 13.2 Å². The first kappa shape index (κ1) is 33.0. The van der Waals surface area contributed by atoms with Gasteiger partial charge < -0.3 is 19.7 Å². The molecular formula is C24H26O13S2. The van der Waals surface area contributed by atoms with Gasteiger partial charge in [-0.1, -0.05) is 49.6 Å². The van der Waals surface area contributed by atoms with Gasteiger partial charge >= 0.3 is 42.4 Å². The van der Waals surface area contributed by atoms with Crippen molar-refractivity contribution in [2.75, 3.05) is 0 Å². The van der Waals surface area contributed by atoms with Crippen LogP contribution in [-0.2, 0) is 34.6 Å². The van der Waals surface area contributed by atoms with Crippen LogP contribution in [0.15, 0.2) is 97.1 Å². The molecule has 0 saturated heterocycles. The van der Waals surface area contributed by atoms with Crippen LogP contribution in [0.2, 0.25) is 0 Å². The van der Waals surface area contributed by atoms with Gasteiger partial charge in [0.1, 0.15) is 11.5 Å². The molecule has 2 unspecified atom stereocenters. The minimum atomic E-state index is -5.38. The van der Waals surface area contributed by atoms with Crippen LogP contribution in [0.5, 0.6) is 11.5 Å². The Balaban J connectivity index is 0.000000824. The molecule has 2 aromatic carbocycles. The van der Waals surface area contributed by atoms with Gasteiger partial charge in [-0.3, -0.25) is 13.8 Å². The van der Waals surface area contributed by atoms with E-state index in [4.69, 9.17) is 24.4 Å². The van der Waals surface area contributed by atoms with Gasteiger partial charge in [-0.25, -0.2) is 9.59 Å². The fourth-order valence-electron chi connectivity index (χ4n) is 2.65. The van der Waals surface area contributed by atoms with Gasteiger partial charge in [-0.2, -0.15) is 16.8 Å². The van der Waals surface area contributed by atoms with Crippen molar-refractivity contribution in [1.82, 2.24) is 0 Å². The summed E-state index contributed by atoms with van der Waals surface area (Å²) in [7, 11) is -10.8. The Hall–Kier alpha value is -4.02. The molecule has 0 aromatic heterocycles. The second-order valence-electron chi connectivity index (χ2n) is 7.57. The smallest absolute Gasteiger partial charge is 0.367 e. The van der Waals surface area contributed by atoms with Crippen LogP contribution in [0.3, 0.4) is 0 Å². The van der Waals surface area contributed by atoms with Crippen LogP contribution in [0.25, 0.3) is 0 Å². The molecule has 0 saturated carbocycles. The maximum absolute atomic E-state index is 12.5. The molecule has 2 atom stereocenters. The van der Waals surface area contributed by atoms with Crippen LogP contribution in [-0.4, -0.2) is 58.3 Å². The molecule has 0 bridgehead atoms. The number of carbonyl (C=O) groups is 2. The Bertz CT molecular complexity index is 1320. The summed E-state index contributed by atoms with van der Waals surface area (Å²) in [4.78, 5) is 19.1. The molecule has 0 amide bonds. The minimum absolute atomic E-state index is 0.117. The quantitative estimate of drug-likeness (QED) is 0.122. The summed E-state index contributed by atoms with van der Waals surface area (Å²) < 4.78 is 86.1. The van der Waals surface area contributed by atoms with Gasteiger partial charge in [0.15, 0.2) is 0 Å². The van der Waals surface area contributed by atoms with Gasteiger partial charge in [0.25, 0.3) is 0 Å². The van der Waals surface area contributed by atoms with E-state index in [1.54, 1.807) is 12.1 Å². The van der Waals surface area contributed by atoms with Crippen LogP contribution in [0.4, 0.5) is 0 Å². The number of para-hydroxylation sites is 2. The predicted octanol–water partition coefficient (Wildman–Crippen LogP) is 3.11. The number of carboxylic acids is 2. The summed E-state index contributed by atoms with van der Waals surface area (Å²) in [5, 5.41) is 9.23. The van der Waals surface area contributed by atoms with E-state index >= 15 is 0 Å². The number of rotatable bonds is 12. The maximum Gasteiger partial charge on any atom is 0.367 e. The zero-order chi connectivity index (χ0) is 30.1. The Labute approximate surface area is 224 Å². The highest BCUT2D eigenvalue weighted by Crippen LogP contribution is 2.40. The van der Waals surface area contributed by atoms with Crippen molar-refractivity contribution in [2.45, 2.75) is 24.1 Å². The molecule has 212 valence electrons. The number of ether oxygens (including phenoxy) is 3. The number of hydrogen-bond acceptors (Lipinski definition) is 9. The van der Waals surface area contributed by atoms with E-state index in [1.165, 1.54) is 48.5 Å². The fraction of sp³-hybridized carbons (Fsp3) is 0.167. The molecule has 0 aliphatic rings. The van der Waals surface area contributed by atoms with Gasteiger partial charge in [-0.05, 0) is 38.1 Å². The molecule has 0 spiro atoms. The summed E-state index contributed by atoms with van der Waals surface area (Å²) in [6.45, 7) is 9.18. The van der Waals surface area contributed by atoms with E-state index < -0.39 is 53.6 Å². The molecule has 2 aromatic rings. The lowest BCUT2D eigenvalue weighted by Crippen LogP contribution is -2.59. The number of hydrogen-bond donors (Lipinski definition) is 4. The lowest BCUT2D eigenvalue weighted by molar-refractivity contribution is -0.205. The lowest BCUT2D eigenvalue weighted by atomic mass is 10.3. The summed E-state index contributed by atoms with van der Waals surface area (Å²) in [5.41, 5.74) is -0.936. The van der Waals surface area contributed by atoms with Crippen molar-refractivity contribution < 1.29 is 60.0 Å². The topological polar surface area (TPSA) is 211 Å². The molecule has 0 heterocycles. The predicted molar refractivity (Wildman–Crippen MR) is 138 cm³/mol. The zero-order valence-corrected chi connectivity index (χ0v) is 22.3. The first-order valence-electron chi connectivity index (χ1n) is 10.5. The van der Waals surface area contributed by atoms with E-state index in [0.717, 1.165) is 13.8 Å². The molecule has 13 nitrogen and oxygen atoms in total. The van der Waals surface area contributed by atoms with E-state index in [9.17, 15) is 35.5 Å². The molecule has 0 fully saturated rings. The average molecular weight is 587 g/mol. The van der Waals surface area contributed by atoms with Crippen LogP contribution >= 0.6 is 0 Å². The molecule has 4 N–H and O–H groups in total. The Morgan fingerprint density at radius 2 is 0.974 bits per heavy atom. The Morgan fingerprint density at radius 3 is 1.18 bits per heavy atom. The Kier molecular flexibility index (Phi) is 11.1. The van der Waals surface area contributed by atoms with E-state index in [-0.39, 0.29) is 11.5 Å². The van der Waals surface area contributed by atoms with E-state index in [0.29, 0.717) is 12.2 Å². The number of benzene rings is 2. The van der Waals surface area contributed by atoms with Crippen molar-refractivity contribution in [3.05, 3.63) is 97.1 Å². The fourth-order valence-corrected chi connectivity index (χ4v) is 4.43. The molecule has 0 radical (unpaired) electrons. The van der Waals surface area contributed by atoms with Crippen molar-refractivity contribution in [3.63, 3.8) is 0 Å². The summed E-state index contributed by atoms with van der Waals surface area (Å²) in [5.74, 6) is -2.75. The van der Waals surface area contributed by atoms with E-state index in [1.807, 2.05) is 0 Å². The minimum Gasteiger partial charge on any atom is -0.478 e. The monoisotopic (exact) mass is 586 g/mol. The molecule has 15 heteroatoms. The summed E-state index contributed by atoms with van der Waals surface area (Å²) >= 11 is 0. The maximum atomic E-state index is 12.5. The van der Waals surface area contributed by atoms with Crippen LogP contribution in [0, 0.1) is 0 Å². The molecular weight excluding hydrogens is 560 g/mol. The first-order valence-corrected chi connectivity index (χ1v) is 13.3. The second kappa shape index (κ2) is 13.2. The van der Waals surface area contributed by atoms with Gasteiger partial charge in [0.05, 0.1) is 0 Å². The number of aliphatic carboxylic acids is 2. The molecule has 0 aliphatic heterocycles. The third-order valence-corrected chi connectivity index (χ3v) is 6.74. The van der Waals surface area contributed by atoms with Crippen LogP contribution in [0.1, 0.15) is 13.8 Å². The SMILES string of the molecule is C=C(C)C(Oc1ccccc1)(OC(Oc1ccccc1)(C(=C)C)S(=O)(=O)O)S(=O)(=O)O.O=C(O)/C=C\C(=O)O. The Morgan fingerprint density at radius 1 is 0.692 bits per heavy atom. The largest absolute Gasteiger partial charge is 0.478 e. The third kappa shape index (κ3) is 8.76. The highest BCUT2D eigenvalue weighted by atomic mass is 32.2. The van der Waals surface area contributed by atoms with Crippen molar-refractivity contribution in [2.24, 2.45) is 0 Å². The van der Waals surface area contributed by atoms with Gasteiger partial charge in [0.2, 0.25) is 0 Å². The van der Waals surface area contributed by atoms with Crippen molar-refractivity contribution in [1.29, 1.82) is 0 Å². The van der Waals surface area contributed by atoms with Crippen molar-refractivity contribution >= 4 is 32.2 Å². The van der Waals surface area contributed by atoms with Gasteiger partial charge in [0, 0.05) is 23.3 Å². The van der Waals surface area contributed by atoms with Crippen molar-refractivity contribution in [3.8, 4) is 11.5 Å². The number of carboxylic acid groups (broad SMARTS) is 2. The molecule has 39 heavy (non-hydrogen) atoms. The average Bonchev–Trinajstić information content (AvgIpc) is 2.81. The van der Waals surface area contributed by atoms with Crippen LogP contribution < -0.4 is 9.47 Å². The third-order valence-electron chi connectivity index (χ3n) is 4.35. The highest BCUT2D eigenvalue weighted by molar-refractivity contribution is 7.88. The second-order valence-corrected chi connectivity index (χ2v) is 10.5. The summed E-state index contributed by atoms with van der Waals surface area (Å²) in [6, 6.07) is 14.5. The molecule has 0 aliphatic carbocycles. The standard InChI is InChI=1S/C20H22O9S2.C4H4O4/c1-15(2)19(30(21,22)23,27-17-11-7-5-8-12-17)29-20(16(3)4,31(24,25)26)28-18-13-9-6-10-14-18;5-3(6)1-2-4(7)8/h5-14H,1,3H2,2,4H3,(H,21,22,23)(H,24,25,26);1-2H,(H,5,6)(H,7,8)/b;2-1-. The summed E-state index contributed by atoms with van der Waals surface area (Å²) in [6.07, 6.45) is 1.12. The lowest BCUT2D eigenvalue weighted by Gasteiger charge is -2.39. The first-order chi connectivity index (χ1) is 17.9. The molecule has 2 rings (SSSR count). The zero-order valence-electron chi connectivity index (χ0n) is 20.6. The highest BCUT2D eigenvalue weighted by Gasteiger charge is 2.61. The normalized spacial score (nSPS) is 14.6.